The topological polar surface area (TPSA) is 83.8 Å². The summed E-state index contributed by atoms with van der Waals surface area (Å²) in [7, 11) is 0. The number of H-pyrrole nitrogens is 1. The lowest BCUT2D eigenvalue weighted by Crippen LogP contribution is -2.26. The van der Waals surface area contributed by atoms with Crippen LogP contribution in [0.15, 0.2) is 6.20 Å². The number of aromatic nitrogens is 2. The van der Waals surface area contributed by atoms with Gasteiger partial charge in [-0.2, -0.15) is 18.3 Å². The van der Waals surface area contributed by atoms with Gasteiger partial charge in [-0.05, 0) is 11.8 Å². The predicted octanol–water partition coefficient (Wildman–Crippen LogP) is 0.975. The summed E-state index contributed by atoms with van der Waals surface area (Å²) in [6.07, 6.45) is 1.21. The van der Waals surface area contributed by atoms with Crippen LogP contribution in [0, 0.1) is 0 Å². The fourth-order valence-electron chi connectivity index (χ4n) is 0.904. The lowest BCUT2D eigenvalue weighted by molar-refractivity contribution is -0.0327. The van der Waals surface area contributed by atoms with Crippen LogP contribution in [-0.2, 0) is 0 Å². The molecule has 0 saturated carbocycles. The van der Waals surface area contributed by atoms with Crippen LogP contribution in [0.25, 0.3) is 0 Å². The van der Waals surface area contributed by atoms with E-state index in [1.54, 1.807) is 0 Å². The van der Waals surface area contributed by atoms with Crippen molar-refractivity contribution in [1.29, 1.82) is 0 Å². The Kier molecular flexibility index (Phi) is 4.05. The molecule has 5 nitrogen and oxygen atoms in total. The number of nitrogen functional groups attached to an aromatic ring is 1. The number of nitrogens with one attached hydrogen (secondary N) is 2. The molecule has 0 saturated heterocycles. The molecular weight excluding hydrogens is 245 g/mol. The smallest absolute Gasteiger partial charge is 0.383 e. The second kappa shape index (κ2) is 5.10. The van der Waals surface area contributed by atoms with Gasteiger partial charge in [0.15, 0.2) is 0 Å². The average molecular weight is 254 g/mol. The molecular formula is C7H9F3N4OS. The van der Waals surface area contributed by atoms with Gasteiger partial charge in [-0.3, -0.25) is 9.89 Å². The molecule has 0 aliphatic carbocycles. The van der Waals surface area contributed by atoms with E-state index in [0.29, 0.717) is 0 Å². The normalized spacial score (nSPS) is 11.4. The molecule has 0 atom stereocenters. The summed E-state index contributed by atoms with van der Waals surface area (Å²) in [5.74, 6) is -0.706. The number of amides is 1. The number of nitrogens with zero attached hydrogens (tertiary/aromatic N) is 1. The lowest BCUT2D eigenvalue weighted by atomic mass is 10.3. The largest absolute Gasteiger partial charge is 0.441 e. The third-order valence-corrected chi connectivity index (χ3v) is 2.30. The van der Waals surface area contributed by atoms with Crippen molar-refractivity contribution in [3.05, 3.63) is 11.8 Å². The van der Waals surface area contributed by atoms with Crippen LogP contribution in [0.4, 0.5) is 19.0 Å². The number of aromatic amines is 1. The van der Waals surface area contributed by atoms with Gasteiger partial charge in [-0.25, -0.2) is 0 Å². The molecule has 0 aliphatic heterocycles. The van der Waals surface area contributed by atoms with Gasteiger partial charge in [-0.1, -0.05) is 0 Å². The maximum atomic E-state index is 11.7. The summed E-state index contributed by atoms with van der Waals surface area (Å²) in [6.45, 7) is -0.0897. The van der Waals surface area contributed by atoms with Gasteiger partial charge in [-0.15, -0.1) is 0 Å². The van der Waals surface area contributed by atoms with Crippen LogP contribution in [0.2, 0.25) is 0 Å². The van der Waals surface area contributed by atoms with Crippen molar-refractivity contribution in [2.24, 2.45) is 0 Å². The monoisotopic (exact) mass is 254 g/mol. The van der Waals surface area contributed by atoms with E-state index in [1.165, 1.54) is 6.20 Å². The van der Waals surface area contributed by atoms with Crippen molar-refractivity contribution in [3.63, 3.8) is 0 Å². The Morgan fingerprint density at radius 3 is 2.81 bits per heavy atom. The number of anilines is 1. The van der Waals surface area contributed by atoms with E-state index >= 15 is 0 Å². The van der Waals surface area contributed by atoms with Gasteiger partial charge in [0, 0.05) is 12.3 Å². The lowest BCUT2D eigenvalue weighted by Gasteiger charge is -2.06. The molecule has 0 spiro atoms. The van der Waals surface area contributed by atoms with Crippen molar-refractivity contribution in [1.82, 2.24) is 15.5 Å². The Balaban J connectivity index is 2.29. The summed E-state index contributed by atoms with van der Waals surface area (Å²) in [5.41, 5.74) is 1.19. The maximum absolute atomic E-state index is 11.7. The van der Waals surface area contributed by atoms with Crippen LogP contribution in [0.3, 0.4) is 0 Å². The van der Waals surface area contributed by atoms with E-state index in [9.17, 15) is 18.0 Å². The van der Waals surface area contributed by atoms with E-state index in [1.807, 2.05) is 0 Å². The molecule has 1 heterocycles. The van der Waals surface area contributed by atoms with Gasteiger partial charge < -0.3 is 11.1 Å². The van der Waals surface area contributed by atoms with Gasteiger partial charge >= 0.3 is 5.51 Å². The number of carbonyl (C=O) groups is 1. The minimum absolute atomic E-state index is 0.0842. The molecule has 0 fully saturated rings. The number of thioether (sulfide) groups is 1. The number of carbonyl (C=O) groups excluding carboxylic acids is 1. The van der Waals surface area contributed by atoms with Crippen molar-refractivity contribution < 1.29 is 18.0 Å². The molecule has 0 unspecified atom stereocenters. The highest BCUT2D eigenvalue weighted by Gasteiger charge is 2.27. The molecule has 0 bridgehead atoms. The molecule has 4 N–H and O–H groups in total. The summed E-state index contributed by atoms with van der Waals surface area (Å²) >= 11 is -0.192. The second-order valence-corrected chi connectivity index (χ2v) is 3.91. The molecule has 1 rings (SSSR count). The van der Waals surface area contributed by atoms with Crippen LogP contribution >= 0.6 is 11.8 Å². The third kappa shape index (κ3) is 4.01. The summed E-state index contributed by atoms with van der Waals surface area (Å²) in [6, 6.07) is 0. The molecule has 9 heteroatoms. The zero-order chi connectivity index (χ0) is 12.2. The highest BCUT2D eigenvalue weighted by atomic mass is 32.2. The summed E-state index contributed by atoms with van der Waals surface area (Å²) in [5, 5.41) is 8.16. The Labute approximate surface area is 93.0 Å². The Bertz CT molecular complexity index is 365. The first-order chi connectivity index (χ1) is 7.40. The Morgan fingerprint density at radius 1 is 1.62 bits per heavy atom. The molecule has 16 heavy (non-hydrogen) atoms. The number of rotatable bonds is 4. The molecule has 1 aromatic rings. The highest BCUT2D eigenvalue weighted by Crippen LogP contribution is 2.29. The van der Waals surface area contributed by atoms with Crippen molar-refractivity contribution in [2.45, 2.75) is 5.51 Å². The second-order valence-electron chi connectivity index (χ2n) is 2.75. The van der Waals surface area contributed by atoms with Gasteiger partial charge in [0.05, 0.1) is 6.20 Å². The van der Waals surface area contributed by atoms with Crippen LogP contribution in [0.1, 0.15) is 10.4 Å². The van der Waals surface area contributed by atoms with E-state index < -0.39 is 11.4 Å². The van der Waals surface area contributed by atoms with E-state index in [0.717, 1.165) is 0 Å². The standard InChI is InChI=1S/C7H9F3N4OS/c8-7(9,10)16-2-1-12-6(15)4-3-13-14-5(4)11/h3H,1-2H2,(H,12,15)(H3,11,13,14). The molecule has 0 aliphatic rings. The SMILES string of the molecule is Nc1[nH]ncc1C(=O)NCCSC(F)(F)F. The first-order valence-corrected chi connectivity index (χ1v) is 5.16. The fourth-order valence-corrected chi connectivity index (χ4v) is 1.34. The number of alkyl halides is 3. The number of hydrogen-bond acceptors (Lipinski definition) is 4. The van der Waals surface area contributed by atoms with Gasteiger partial charge in [0.1, 0.15) is 11.4 Å². The fraction of sp³-hybridized carbons (Fsp3) is 0.429. The molecule has 0 radical (unpaired) electrons. The van der Waals surface area contributed by atoms with Crippen LogP contribution in [-0.4, -0.2) is 33.9 Å². The van der Waals surface area contributed by atoms with Crippen LogP contribution in [0.5, 0.6) is 0 Å². The minimum Gasteiger partial charge on any atom is -0.383 e. The minimum atomic E-state index is -4.28. The van der Waals surface area contributed by atoms with Crippen LogP contribution < -0.4 is 11.1 Å². The quantitative estimate of drug-likeness (QED) is 0.699. The molecule has 90 valence electrons. The average Bonchev–Trinajstić information content (AvgIpc) is 2.57. The van der Waals surface area contributed by atoms with E-state index in [-0.39, 0.29) is 35.4 Å². The predicted molar refractivity (Wildman–Crippen MR) is 53.8 cm³/mol. The Morgan fingerprint density at radius 2 is 2.31 bits per heavy atom. The maximum Gasteiger partial charge on any atom is 0.441 e. The van der Waals surface area contributed by atoms with Gasteiger partial charge in [0.25, 0.3) is 5.91 Å². The molecule has 0 aromatic carbocycles. The molecule has 1 amide bonds. The van der Waals surface area contributed by atoms with E-state index in [4.69, 9.17) is 5.73 Å². The van der Waals surface area contributed by atoms with Crippen molar-refractivity contribution >= 4 is 23.5 Å². The zero-order valence-electron chi connectivity index (χ0n) is 7.97. The zero-order valence-corrected chi connectivity index (χ0v) is 8.78. The van der Waals surface area contributed by atoms with E-state index in [2.05, 4.69) is 15.5 Å². The highest BCUT2D eigenvalue weighted by molar-refractivity contribution is 8.00. The number of nitrogens with two attached hydrogens (primary N) is 1. The first kappa shape index (κ1) is 12.7. The first-order valence-electron chi connectivity index (χ1n) is 4.18. The number of halogens is 3. The third-order valence-electron chi connectivity index (χ3n) is 1.57. The number of hydrogen-bond donors (Lipinski definition) is 3. The van der Waals surface area contributed by atoms with Gasteiger partial charge in [0.2, 0.25) is 0 Å². The summed E-state index contributed by atoms with van der Waals surface area (Å²) in [4.78, 5) is 11.3. The van der Waals surface area contributed by atoms with Crippen molar-refractivity contribution in [2.75, 3.05) is 18.0 Å². The molecule has 1 aromatic heterocycles. The summed E-state index contributed by atoms with van der Waals surface area (Å²) < 4.78 is 35.2. The van der Waals surface area contributed by atoms with Crippen molar-refractivity contribution in [3.8, 4) is 0 Å². The Hall–Kier alpha value is -1.38.